The van der Waals surface area contributed by atoms with Gasteiger partial charge in [-0.25, -0.2) is 0 Å². The molecule has 118 valence electrons. The molecule has 2 unspecified atom stereocenters. The van der Waals surface area contributed by atoms with E-state index in [2.05, 4.69) is 37.9 Å². The lowest BCUT2D eigenvalue weighted by Gasteiger charge is -2.47. The van der Waals surface area contributed by atoms with Gasteiger partial charge in [-0.2, -0.15) is 0 Å². The molecule has 0 aromatic carbocycles. The second-order valence-corrected chi connectivity index (χ2v) is 7.58. The Balaban J connectivity index is 1.91. The van der Waals surface area contributed by atoms with Crippen LogP contribution in [-0.2, 0) is 0 Å². The van der Waals surface area contributed by atoms with Crippen LogP contribution in [0.25, 0.3) is 0 Å². The van der Waals surface area contributed by atoms with E-state index in [0.29, 0.717) is 0 Å². The van der Waals surface area contributed by atoms with Crippen LogP contribution in [0.2, 0.25) is 0 Å². The minimum atomic E-state index is 0.724. The Morgan fingerprint density at radius 2 is 1.75 bits per heavy atom. The molecule has 1 heterocycles. The first-order valence-electron chi connectivity index (χ1n) is 9.13. The van der Waals surface area contributed by atoms with Gasteiger partial charge in [-0.3, -0.25) is 4.90 Å². The Morgan fingerprint density at radius 1 is 1.05 bits per heavy atom. The molecule has 1 aliphatic heterocycles. The van der Waals surface area contributed by atoms with E-state index in [0.717, 1.165) is 30.0 Å². The molecule has 20 heavy (non-hydrogen) atoms. The number of piperazine rings is 1. The lowest BCUT2D eigenvalue weighted by molar-refractivity contribution is 0.0467. The fourth-order valence-corrected chi connectivity index (χ4v) is 4.33. The van der Waals surface area contributed by atoms with Crippen LogP contribution >= 0.6 is 0 Å². The van der Waals surface area contributed by atoms with Gasteiger partial charge in [0.1, 0.15) is 0 Å². The Morgan fingerprint density at radius 3 is 2.30 bits per heavy atom. The highest BCUT2D eigenvalue weighted by Gasteiger charge is 2.33. The molecule has 1 N–H and O–H groups in total. The summed E-state index contributed by atoms with van der Waals surface area (Å²) < 4.78 is 0. The molecule has 2 rings (SSSR count). The minimum Gasteiger partial charge on any atom is -0.311 e. The standard InChI is InChI=1S/C18H36N2/c1-5-15-7-9-18(10-8-15)20-13-16(11-14(3)4)19-12-17(20)6-2/h14-19H,5-13H2,1-4H3. The minimum absolute atomic E-state index is 0.724. The van der Waals surface area contributed by atoms with E-state index in [4.69, 9.17) is 0 Å². The molecule has 0 amide bonds. The summed E-state index contributed by atoms with van der Waals surface area (Å²) in [6, 6.07) is 2.38. The summed E-state index contributed by atoms with van der Waals surface area (Å²) in [5, 5.41) is 3.80. The summed E-state index contributed by atoms with van der Waals surface area (Å²) in [6.45, 7) is 11.9. The van der Waals surface area contributed by atoms with Gasteiger partial charge in [-0.05, 0) is 50.4 Å². The smallest absolute Gasteiger partial charge is 0.0221 e. The SMILES string of the molecule is CCC1CCC(N2CC(CC(C)C)NCC2CC)CC1. The van der Waals surface area contributed by atoms with Gasteiger partial charge in [0.2, 0.25) is 0 Å². The Hall–Kier alpha value is -0.0800. The summed E-state index contributed by atoms with van der Waals surface area (Å²) in [5.74, 6) is 1.82. The van der Waals surface area contributed by atoms with Crippen molar-refractivity contribution >= 4 is 0 Å². The third kappa shape index (κ3) is 4.21. The number of hydrogen-bond acceptors (Lipinski definition) is 2. The van der Waals surface area contributed by atoms with Crippen molar-refractivity contribution in [2.75, 3.05) is 13.1 Å². The summed E-state index contributed by atoms with van der Waals surface area (Å²) in [6.07, 6.45) is 9.85. The van der Waals surface area contributed by atoms with Crippen molar-refractivity contribution < 1.29 is 0 Å². The molecule has 2 fully saturated rings. The van der Waals surface area contributed by atoms with Gasteiger partial charge in [0.15, 0.2) is 0 Å². The third-order valence-electron chi connectivity index (χ3n) is 5.63. The molecule has 2 heteroatoms. The van der Waals surface area contributed by atoms with Gasteiger partial charge >= 0.3 is 0 Å². The molecule has 1 saturated carbocycles. The lowest BCUT2D eigenvalue weighted by atomic mass is 9.82. The van der Waals surface area contributed by atoms with Crippen LogP contribution < -0.4 is 5.32 Å². The van der Waals surface area contributed by atoms with Gasteiger partial charge in [-0.15, -0.1) is 0 Å². The molecule has 2 nitrogen and oxygen atoms in total. The van der Waals surface area contributed by atoms with Crippen molar-refractivity contribution in [2.45, 2.75) is 90.8 Å². The van der Waals surface area contributed by atoms with Crippen molar-refractivity contribution in [1.82, 2.24) is 10.2 Å². The maximum absolute atomic E-state index is 3.80. The van der Waals surface area contributed by atoms with E-state index in [1.807, 2.05) is 0 Å². The van der Waals surface area contributed by atoms with E-state index in [1.165, 1.54) is 58.0 Å². The van der Waals surface area contributed by atoms with E-state index in [1.54, 1.807) is 0 Å². The predicted octanol–water partition coefficient (Wildman–Crippen LogP) is 4.05. The topological polar surface area (TPSA) is 15.3 Å². The highest BCUT2D eigenvalue weighted by atomic mass is 15.3. The summed E-state index contributed by atoms with van der Waals surface area (Å²) in [4.78, 5) is 2.88. The first-order chi connectivity index (χ1) is 9.63. The molecule has 1 saturated heterocycles. The molecule has 1 aliphatic carbocycles. The Labute approximate surface area is 126 Å². The van der Waals surface area contributed by atoms with Gasteiger partial charge in [-0.1, -0.05) is 34.1 Å². The monoisotopic (exact) mass is 280 g/mol. The van der Waals surface area contributed by atoms with Gasteiger partial charge in [0.05, 0.1) is 0 Å². The number of nitrogens with zero attached hydrogens (tertiary/aromatic N) is 1. The normalized spacial score (nSPS) is 36.5. The highest BCUT2D eigenvalue weighted by molar-refractivity contribution is 4.91. The third-order valence-corrected chi connectivity index (χ3v) is 5.63. The molecule has 0 spiro atoms. The summed E-state index contributed by atoms with van der Waals surface area (Å²) in [7, 11) is 0. The van der Waals surface area contributed by atoms with Crippen LogP contribution in [0.4, 0.5) is 0 Å². The average molecular weight is 281 g/mol. The first kappa shape index (κ1) is 16.3. The van der Waals surface area contributed by atoms with E-state index < -0.39 is 0 Å². The van der Waals surface area contributed by atoms with Crippen LogP contribution in [-0.4, -0.2) is 36.1 Å². The van der Waals surface area contributed by atoms with E-state index in [9.17, 15) is 0 Å². The van der Waals surface area contributed by atoms with Crippen molar-refractivity contribution in [3.63, 3.8) is 0 Å². The van der Waals surface area contributed by atoms with Crippen molar-refractivity contribution in [2.24, 2.45) is 11.8 Å². The molecular weight excluding hydrogens is 244 g/mol. The zero-order valence-electron chi connectivity index (χ0n) is 14.2. The van der Waals surface area contributed by atoms with Crippen molar-refractivity contribution in [3.05, 3.63) is 0 Å². The molecule has 2 atom stereocenters. The molecule has 0 bridgehead atoms. The van der Waals surface area contributed by atoms with Gasteiger partial charge in [0.25, 0.3) is 0 Å². The summed E-state index contributed by atoms with van der Waals surface area (Å²) in [5.41, 5.74) is 0. The molecular formula is C18H36N2. The molecule has 2 aliphatic rings. The van der Waals surface area contributed by atoms with Gasteiger partial charge in [0, 0.05) is 31.2 Å². The second kappa shape index (κ2) is 7.79. The molecule has 0 aromatic heterocycles. The molecule has 0 radical (unpaired) electrons. The quantitative estimate of drug-likeness (QED) is 0.817. The van der Waals surface area contributed by atoms with Crippen LogP contribution in [0.3, 0.4) is 0 Å². The zero-order chi connectivity index (χ0) is 14.5. The van der Waals surface area contributed by atoms with Gasteiger partial charge < -0.3 is 5.32 Å². The Kier molecular flexibility index (Phi) is 6.35. The largest absolute Gasteiger partial charge is 0.311 e. The van der Waals surface area contributed by atoms with E-state index >= 15 is 0 Å². The zero-order valence-corrected chi connectivity index (χ0v) is 14.2. The number of hydrogen-bond donors (Lipinski definition) is 1. The lowest BCUT2D eigenvalue weighted by Crippen LogP contribution is -2.59. The second-order valence-electron chi connectivity index (χ2n) is 7.58. The maximum atomic E-state index is 3.80. The van der Waals surface area contributed by atoms with Crippen LogP contribution in [0.5, 0.6) is 0 Å². The van der Waals surface area contributed by atoms with E-state index in [-0.39, 0.29) is 0 Å². The summed E-state index contributed by atoms with van der Waals surface area (Å²) >= 11 is 0. The van der Waals surface area contributed by atoms with Crippen molar-refractivity contribution in [3.8, 4) is 0 Å². The van der Waals surface area contributed by atoms with Crippen LogP contribution in [0.1, 0.15) is 72.6 Å². The van der Waals surface area contributed by atoms with Crippen molar-refractivity contribution in [1.29, 1.82) is 0 Å². The molecule has 0 aromatic rings. The number of nitrogens with one attached hydrogen (secondary N) is 1. The predicted molar refractivity (Wildman–Crippen MR) is 88.1 cm³/mol. The maximum Gasteiger partial charge on any atom is 0.0221 e. The van der Waals surface area contributed by atoms with Crippen LogP contribution in [0.15, 0.2) is 0 Å². The van der Waals surface area contributed by atoms with Crippen LogP contribution in [0, 0.1) is 11.8 Å². The average Bonchev–Trinajstić information content (AvgIpc) is 2.46. The number of rotatable bonds is 5. The first-order valence-corrected chi connectivity index (χ1v) is 9.13. The fraction of sp³-hybridized carbons (Fsp3) is 1.00. The highest BCUT2D eigenvalue weighted by Crippen LogP contribution is 2.32. The Bertz CT molecular complexity index is 269. The fourth-order valence-electron chi connectivity index (χ4n) is 4.33.